The first-order valence-corrected chi connectivity index (χ1v) is 17.5. The Kier molecular flexibility index (Phi) is 9.01. The molecular formula is C47H43N3O. The van der Waals surface area contributed by atoms with Gasteiger partial charge < -0.3 is 5.11 Å². The van der Waals surface area contributed by atoms with E-state index in [1.165, 1.54) is 16.7 Å². The lowest BCUT2D eigenvalue weighted by atomic mass is 9.78. The zero-order valence-corrected chi connectivity index (χ0v) is 29.9. The lowest BCUT2D eigenvalue weighted by Gasteiger charge is -2.28. The van der Waals surface area contributed by atoms with Crippen molar-refractivity contribution in [2.24, 2.45) is 0 Å². The summed E-state index contributed by atoms with van der Waals surface area (Å²) in [5.41, 5.74) is 10.7. The smallest absolute Gasteiger partial charge is 0.137 e. The molecular weight excluding hydrogens is 623 g/mol. The molecule has 51 heavy (non-hydrogen) atoms. The molecule has 5 aromatic carbocycles. The van der Waals surface area contributed by atoms with E-state index >= 15 is 0 Å². The fourth-order valence-corrected chi connectivity index (χ4v) is 6.57. The van der Waals surface area contributed by atoms with Crippen LogP contribution in [0.5, 0.6) is 5.75 Å². The van der Waals surface area contributed by atoms with E-state index in [0.717, 1.165) is 39.6 Å². The summed E-state index contributed by atoms with van der Waals surface area (Å²) in [6, 6.07) is 54.2. The maximum atomic E-state index is 11.0. The van der Waals surface area contributed by atoms with Crippen molar-refractivity contribution in [3.05, 3.63) is 181 Å². The van der Waals surface area contributed by atoms with Crippen LogP contribution in [0.1, 0.15) is 51.3 Å². The molecule has 0 bridgehead atoms. The molecule has 252 valence electrons. The van der Waals surface area contributed by atoms with Gasteiger partial charge in [0.25, 0.3) is 0 Å². The van der Waals surface area contributed by atoms with Crippen molar-refractivity contribution >= 4 is 17.2 Å². The Morgan fingerprint density at radius 3 is 1.78 bits per heavy atom. The molecule has 0 aliphatic heterocycles. The van der Waals surface area contributed by atoms with E-state index in [4.69, 9.17) is 9.97 Å². The molecule has 7 aromatic rings. The number of para-hydroxylation sites is 2. The minimum atomic E-state index is -0.147. The van der Waals surface area contributed by atoms with Crippen LogP contribution >= 0.6 is 0 Å². The molecule has 0 aliphatic rings. The summed E-state index contributed by atoms with van der Waals surface area (Å²) in [5, 5.41) is 11.0. The molecule has 2 aromatic heterocycles. The van der Waals surface area contributed by atoms with Crippen LogP contribution in [0.25, 0.3) is 33.6 Å². The number of hydrogen-bond donors (Lipinski definition) is 1. The third-order valence-corrected chi connectivity index (χ3v) is 9.67. The Balaban J connectivity index is 1.41. The lowest BCUT2D eigenvalue weighted by Crippen LogP contribution is -2.18. The van der Waals surface area contributed by atoms with Crippen molar-refractivity contribution < 1.29 is 5.11 Å². The van der Waals surface area contributed by atoms with E-state index < -0.39 is 0 Å². The van der Waals surface area contributed by atoms with Crippen LogP contribution < -0.4 is 4.90 Å². The predicted octanol–water partition coefficient (Wildman–Crippen LogP) is 12.3. The van der Waals surface area contributed by atoms with E-state index in [1.54, 1.807) is 6.07 Å². The van der Waals surface area contributed by atoms with Gasteiger partial charge in [0.15, 0.2) is 0 Å². The summed E-state index contributed by atoms with van der Waals surface area (Å²) >= 11 is 0. The summed E-state index contributed by atoms with van der Waals surface area (Å²) < 4.78 is 0. The number of anilines is 3. The quantitative estimate of drug-likeness (QED) is 0.175. The van der Waals surface area contributed by atoms with Gasteiger partial charge in [0.1, 0.15) is 11.6 Å². The Morgan fingerprint density at radius 2 is 1.12 bits per heavy atom. The molecule has 0 unspecified atom stereocenters. The molecule has 0 radical (unpaired) electrons. The zero-order chi connectivity index (χ0) is 35.6. The Hall–Kier alpha value is -6.00. The number of nitrogens with zero attached hydrogens (tertiary/aromatic N) is 3. The van der Waals surface area contributed by atoms with Crippen LogP contribution in [-0.4, -0.2) is 15.1 Å². The topological polar surface area (TPSA) is 49.3 Å². The second kappa shape index (κ2) is 13.7. The minimum Gasteiger partial charge on any atom is -0.507 e. The van der Waals surface area contributed by atoms with Gasteiger partial charge in [0.2, 0.25) is 0 Å². The molecule has 0 saturated heterocycles. The molecule has 0 aliphatic carbocycles. The summed E-state index contributed by atoms with van der Waals surface area (Å²) in [4.78, 5) is 12.2. The highest BCUT2D eigenvalue weighted by Gasteiger charge is 2.24. The van der Waals surface area contributed by atoms with Gasteiger partial charge in [-0.1, -0.05) is 126 Å². The van der Waals surface area contributed by atoms with Crippen LogP contribution in [0.4, 0.5) is 17.2 Å². The number of benzene rings is 5. The standard InChI is InChI=1S/C47H43N3O/c1-46(2,3)38-28-35(29-40(32-38)50(39-18-10-7-11-19-39)45-22-14-15-27-48-45)42-30-34(31-43(49-42)41-20-12-13-21-44(41)51)33-23-25-37(26-24-33)47(4,5)36-16-8-6-9-17-36/h6-32,51H,1-5H3. The van der Waals surface area contributed by atoms with Gasteiger partial charge in [-0.15, -0.1) is 0 Å². The lowest BCUT2D eigenvalue weighted by molar-refractivity contribution is 0.477. The maximum Gasteiger partial charge on any atom is 0.137 e. The van der Waals surface area contributed by atoms with Gasteiger partial charge in [0.05, 0.1) is 11.4 Å². The molecule has 0 amide bonds. The summed E-state index contributed by atoms with van der Waals surface area (Å²) in [6.45, 7) is 11.2. The van der Waals surface area contributed by atoms with Gasteiger partial charge in [0, 0.05) is 34.1 Å². The fourth-order valence-electron chi connectivity index (χ4n) is 6.57. The van der Waals surface area contributed by atoms with Crippen LogP contribution in [0.2, 0.25) is 0 Å². The highest BCUT2D eigenvalue weighted by Crippen LogP contribution is 2.41. The first-order valence-electron chi connectivity index (χ1n) is 17.5. The predicted molar refractivity (Wildman–Crippen MR) is 212 cm³/mol. The number of aromatic hydroxyl groups is 1. The number of phenols is 1. The molecule has 4 heteroatoms. The number of hydrogen-bond acceptors (Lipinski definition) is 4. The first kappa shape index (κ1) is 33.5. The molecule has 2 heterocycles. The van der Waals surface area contributed by atoms with E-state index in [2.05, 4.69) is 149 Å². The van der Waals surface area contributed by atoms with Gasteiger partial charge >= 0.3 is 0 Å². The molecule has 1 N–H and O–H groups in total. The summed E-state index contributed by atoms with van der Waals surface area (Å²) in [5.74, 6) is 1.03. The van der Waals surface area contributed by atoms with Crippen LogP contribution in [0.15, 0.2) is 164 Å². The molecule has 0 atom stereocenters. The molecule has 7 rings (SSSR count). The van der Waals surface area contributed by atoms with E-state index in [0.29, 0.717) is 11.3 Å². The van der Waals surface area contributed by atoms with Gasteiger partial charge in [-0.05, 0) is 100.0 Å². The monoisotopic (exact) mass is 665 g/mol. The molecule has 4 nitrogen and oxygen atoms in total. The second-order valence-electron chi connectivity index (χ2n) is 14.6. The van der Waals surface area contributed by atoms with Crippen molar-refractivity contribution in [3.63, 3.8) is 0 Å². The van der Waals surface area contributed by atoms with Crippen LogP contribution in [0.3, 0.4) is 0 Å². The normalized spacial score (nSPS) is 11.7. The molecule has 0 saturated carbocycles. The Morgan fingerprint density at radius 1 is 0.490 bits per heavy atom. The summed E-state index contributed by atoms with van der Waals surface area (Å²) in [6.07, 6.45) is 1.83. The summed E-state index contributed by atoms with van der Waals surface area (Å²) in [7, 11) is 0. The van der Waals surface area contributed by atoms with Crippen molar-refractivity contribution in [2.45, 2.75) is 45.4 Å². The molecule has 0 spiro atoms. The SMILES string of the molecule is CC(C)(C)c1cc(-c2cc(-c3ccc(C(C)(C)c4ccccc4)cc3)cc(-c3ccccc3O)n2)cc(N(c2ccccc2)c2ccccn2)c1. The Bertz CT molecular complexity index is 2220. The number of rotatable bonds is 8. The third kappa shape index (κ3) is 7.04. The van der Waals surface area contributed by atoms with Crippen LogP contribution in [-0.2, 0) is 10.8 Å². The van der Waals surface area contributed by atoms with E-state index in [1.807, 2.05) is 48.7 Å². The second-order valence-corrected chi connectivity index (χ2v) is 14.6. The largest absolute Gasteiger partial charge is 0.507 e. The molecule has 0 fully saturated rings. The van der Waals surface area contributed by atoms with Crippen LogP contribution in [0, 0.1) is 0 Å². The number of pyridine rings is 2. The van der Waals surface area contributed by atoms with Crippen molar-refractivity contribution in [2.75, 3.05) is 4.90 Å². The number of phenolic OH excluding ortho intramolecular Hbond substituents is 1. The van der Waals surface area contributed by atoms with Gasteiger partial charge in [-0.25, -0.2) is 9.97 Å². The average Bonchev–Trinajstić information content (AvgIpc) is 3.16. The number of aromatic nitrogens is 2. The first-order chi connectivity index (χ1) is 24.6. The van der Waals surface area contributed by atoms with E-state index in [9.17, 15) is 5.11 Å². The van der Waals surface area contributed by atoms with Crippen molar-refractivity contribution in [3.8, 4) is 39.4 Å². The van der Waals surface area contributed by atoms with E-state index in [-0.39, 0.29) is 16.6 Å². The average molecular weight is 666 g/mol. The Labute approximate surface area is 301 Å². The fraction of sp³-hybridized carbons (Fsp3) is 0.149. The van der Waals surface area contributed by atoms with Crippen molar-refractivity contribution in [1.82, 2.24) is 9.97 Å². The van der Waals surface area contributed by atoms with Gasteiger partial charge in [-0.2, -0.15) is 0 Å². The highest BCUT2D eigenvalue weighted by molar-refractivity contribution is 5.82. The van der Waals surface area contributed by atoms with Crippen molar-refractivity contribution in [1.29, 1.82) is 0 Å². The highest BCUT2D eigenvalue weighted by atomic mass is 16.3. The zero-order valence-electron chi connectivity index (χ0n) is 29.9. The third-order valence-electron chi connectivity index (χ3n) is 9.67. The minimum absolute atomic E-state index is 0.142. The van der Waals surface area contributed by atoms with Gasteiger partial charge in [-0.3, -0.25) is 4.90 Å². The maximum absolute atomic E-state index is 11.0.